The Labute approximate surface area is 102 Å². The Morgan fingerprint density at radius 2 is 2.00 bits per heavy atom. The maximum atomic E-state index is 11.3. The molecule has 0 aromatic rings. The lowest BCUT2D eigenvalue weighted by Crippen LogP contribution is -2.38. The molecule has 0 fully saturated rings. The van der Waals surface area contributed by atoms with Crippen LogP contribution >= 0.6 is 0 Å². The van der Waals surface area contributed by atoms with Crippen LogP contribution in [-0.2, 0) is 4.79 Å². The number of aliphatic carboxylic acids is 1. The lowest BCUT2D eigenvalue weighted by Gasteiger charge is -2.17. The number of nitrogens with one attached hydrogen (secondary N) is 2. The van der Waals surface area contributed by atoms with E-state index in [9.17, 15) is 9.59 Å². The number of hydrogen-bond donors (Lipinski definition) is 3. The average molecular weight is 242 g/mol. The van der Waals surface area contributed by atoms with E-state index in [-0.39, 0.29) is 18.4 Å². The fraction of sp³-hybridized carbons (Fsp3) is 0.667. The van der Waals surface area contributed by atoms with Gasteiger partial charge in [0.15, 0.2) is 0 Å². The van der Waals surface area contributed by atoms with E-state index in [1.165, 1.54) is 0 Å². The van der Waals surface area contributed by atoms with Crippen LogP contribution in [0.2, 0.25) is 0 Å². The number of carboxylic acids is 1. The van der Waals surface area contributed by atoms with Crippen molar-refractivity contribution < 1.29 is 14.7 Å². The van der Waals surface area contributed by atoms with Gasteiger partial charge in [0, 0.05) is 19.5 Å². The van der Waals surface area contributed by atoms with Crippen molar-refractivity contribution in [1.82, 2.24) is 10.6 Å². The Kier molecular flexibility index (Phi) is 7.84. The van der Waals surface area contributed by atoms with Crippen molar-refractivity contribution in [2.45, 2.75) is 26.7 Å². The molecule has 0 aliphatic rings. The molecule has 2 amide bonds. The fourth-order valence-electron chi connectivity index (χ4n) is 1.62. The molecule has 0 heterocycles. The van der Waals surface area contributed by atoms with Gasteiger partial charge in [-0.1, -0.05) is 19.9 Å². The first-order chi connectivity index (χ1) is 7.95. The molecule has 17 heavy (non-hydrogen) atoms. The highest BCUT2D eigenvalue weighted by Gasteiger charge is 2.15. The Morgan fingerprint density at radius 3 is 2.47 bits per heavy atom. The van der Waals surface area contributed by atoms with E-state index in [0.29, 0.717) is 19.0 Å². The monoisotopic (exact) mass is 242 g/mol. The zero-order valence-electron chi connectivity index (χ0n) is 10.5. The van der Waals surface area contributed by atoms with Crippen molar-refractivity contribution in [2.75, 3.05) is 13.1 Å². The maximum absolute atomic E-state index is 11.3. The normalized spacial score (nSPS) is 11.9. The molecule has 0 aromatic carbocycles. The zero-order chi connectivity index (χ0) is 13.3. The quantitative estimate of drug-likeness (QED) is 0.566. The number of hydrogen-bond acceptors (Lipinski definition) is 2. The van der Waals surface area contributed by atoms with E-state index >= 15 is 0 Å². The van der Waals surface area contributed by atoms with Gasteiger partial charge in [-0.2, -0.15) is 0 Å². The number of carboxylic acid groups (broad SMARTS) is 1. The number of carbonyl (C=O) groups excluding carboxylic acids is 1. The van der Waals surface area contributed by atoms with Gasteiger partial charge in [0.05, 0.1) is 0 Å². The molecule has 0 rings (SSSR count). The van der Waals surface area contributed by atoms with Crippen LogP contribution in [0.4, 0.5) is 4.79 Å². The predicted octanol–water partition coefficient (Wildman–Crippen LogP) is 1.61. The summed E-state index contributed by atoms with van der Waals surface area (Å²) in [7, 11) is 0. The SMILES string of the molecule is C=CCNC(=O)NC[C@H](CC(=O)O)CC(C)C. The van der Waals surface area contributed by atoms with Gasteiger partial charge in [-0.05, 0) is 18.3 Å². The van der Waals surface area contributed by atoms with Crippen LogP contribution in [0.3, 0.4) is 0 Å². The van der Waals surface area contributed by atoms with Gasteiger partial charge in [0.1, 0.15) is 0 Å². The predicted molar refractivity (Wildman–Crippen MR) is 66.8 cm³/mol. The summed E-state index contributed by atoms with van der Waals surface area (Å²) < 4.78 is 0. The molecule has 0 spiro atoms. The minimum Gasteiger partial charge on any atom is -0.481 e. The molecule has 0 radical (unpaired) electrons. The molecule has 0 aromatic heterocycles. The van der Waals surface area contributed by atoms with E-state index in [2.05, 4.69) is 17.2 Å². The zero-order valence-corrected chi connectivity index (χ0v) is 10.5. The summed E-state index contributed by atoms with van der Waals surface area (Å²) in [6, 6.07) is -0.288. The van der Waals surface area contributed by atoms with Gasteiger partial charge in [-0.15, -0.1) is 6.58 Å². The van der Waals surface area contributed by atoms with Crippen LogP contribution in [0.5, 0.6) is 0 Å². The van der Waals surface area contributed by atoms with Gasteiger partial charge in [0.2, 0.25) is 0 Å². The highest BCUT2D eigenvalue weighted by molar-refractivity contribution is 5.74. The molecule has 3 N–H and O–H groups in total. The standard InChI is InChI=1S/C12H22N2O3/c1-4-5-13-12(17)14-8-10(6-9(2)3)7-11(15)16/h4,9-10H,1,5-8H2,2-3H3,(H,15,16)(H2,13,14,17)/t10-/m0/s1. The summed E-state index contributed by atoms with van der Waals surface area (Å²) in [5.74, 6) is -0.441. The van der Waals surface area contributed by atoms with Gasteiger partial charge in [-0.3, -0.25) is 4.79 Å². The summed E-state index contributed by atoms with van der Waals surface area (Å²) in [5, 5.41) is 14.0. The van der Waals surface area contributed by atoms with Crippen LogP contribution in [0.15, 0.2) is 12.7 Å². The maximum Gasteiger partial charge on any atom is 0.315 e. The number of urea groups is 1. The Morgan fingerprint density at radius 1 is 1.35 bits per heavy atom. The average Bonchev–Trinajstić information content (AvgIpc) is 2.21. The van der Waals surface area contributed by atoms with Gasteiger partial charge < -0.3 is 15.7 Å². The molecule has 0 saturated carbocycles. The second-order valence-corrected chi connectivity index (χ2v) is 4.47. The van der Waals surface area contributed by atoms with Crippen LogP contribution in [0.1, 0.15) is 26.7 Å². The molecule has 98 valence electrons. The van der Waals surface area contributed by atoms with Crippen molar-refractivity contribution in [3.8, 4) is 0 Å². The Balaban J connectivity index is 4.01. The first kappa shape index (κ1) is 15.5. The van der Waals surface area contributed by atoms with Crippen LogP contribution in [0.25, 0.3) is 0 Å². The highest BCUT2D eigenvalue weighted by atomic mass is 16.4. The molecule has 1 atom stereocenters. The summed E-state index contributed by atoms with van der Waals surface area (Å²) >= 11 is 0. The minimum atomic E-state index is -0.830. The van der Waals surface area contributed by atoms with Crippen molar-refractivity contribution in [3.05, 3.63) is 12.7 Å². The second-order valence-electron chi connectivity index (χ2n) is 4.47. The van der Waals surface area contributed by atoms with E-state index in [4.69, 9.17) is 5.11 Å². The van der Waals surface area contributed by atoms with Gasteiger partial charge >= 0.3 is 12.0 Å². The Hall–Kier alpha value is -1.52. The number of carbonyl (C=O) groups is 2. The largest absolute Gasteiger partial charge is 0.481 e. The summed E-state index contributed by atoms with van der Waals surface area (Å²) in [6.07, 6.45) is 2.45. The highest BCUT2D eigenvalue weighted by Crippen LogP contribution is 2.14. The van der Waals surface area contributed by atoms with Crippen molar-refractivity contribution in [1.29, 1.82) is 0 Å². The first-order valence-corrected chi connectivity index (χ1v) is 5.80. The van der Waals surface area contributed by atoms with Crippen molar-refractivity contribution >= 4 is 12.0 Å². The van der Waals surface area contributed by atoms with E-state index in [0.717, 1.165) is 6.42 Å². The number of rotatable bonds is 8. The smallest absolute Gasteiger partial charge is 0.315 e. The van der Waals surface area contributed by atoms with E-state index in [1.807, 2.05) is 13.8 Å². The van der Waals surface area contributed by atoms with E-state index < -0.39 is 5.97 Å². The van der Waals surface area contributed by atoms with E-state index in [1.54, 1.807) is 6.08 Å². The molecule has 5 heteroatoms. The van der Waals surface area contributed by atoms with Gasteiger partial charge in [-0.25, -0.2) is 4.79 Å². The van der Waals surface area contributed by atoms with Gasteiger partial charge in [0.25, 0.3) is 0 Å². The fourth-order valence-corrected chi connectivity index (χ4v) is 1.62. The molecule has 0 aliphatic carbocycles. The lowest BCUT2D eigenvalue weighted by molar-refractivity contribution is -0.138. The molecule has 0 saturated heterocycles. The Bertz CT molecular complexity index is 264. The van der Waals surface area contributed by atoms with Crippen molar-refractivity contribution in [2.24, 2.45) is 11.8 Å². The topological polar surface area (TPSA) is 78.4 Å². The minimum absolute atomic E-state index is 0.0259. The third kappa shape index (κ3) is 9.41. The molecular weight excluding hydrogens is 220 g/mol. The summed E-state index contributed by atoms with van der Waals surface area (Å²) in [4.78, 5) is 21.9. The van der Waals surface area contributed by atoms with Crippen LogP contribution in [0, 0.1) is 11.8 Å². The van der Waals surface area contributed by atoms with Crippen LogP contribution < -0.4 is 10.6 Å². The second kappa shape index (κ2) is 8.61. The third-order valence-electron chi connectivity index (χ3n) is 2.23. The summed E-state index contributed by atoms with van der Waals surface area (Å²) in [6.45, 7) is 8.34. The molecule has 0 unspecified atom stereocenters. The molecule has 5 nitrogen and oxygen atoms in total. The molecule has 0 bridgehead atoms. The van der Waals surface area contributed by atoms with Crippen LogP contribution in [-0.4, -0.2) is 30.2 Å². The summed E-state index contributed by atoms with van der Waals surface area (Å²) in [5.41, 5.74) is 0. The first-order valence-electron chi connectivity index (χ1n) is 5.80. The van der Waals surface area contributed by atoms with Crippen molar-refractivity contribution in [3.63, 3.8) is 0 Å². The lowest BCUT2D eigenvalue weighted by atomic mass is 9.94. The number of amides is 2. The third-order valence-corrected chi connectivity index (χ3v) is 2.23. The molecular formula is C12H22N2O3. The molecule has 0 aliphatic heterocycles.